The van der Waals surface area contributed by atoms with Crippen LogP contribution in [0.15, 0.2) is 30.3 Å². The number of ether oxygens (including phenoxy) is 1. The Balaban J connectivity index is 1.91. The first-order valence-corrected chi connectivity index (χ1v) is 6.06. The molecule has 0 atom stereocenters. The lowest BCUT2D eigenvalue weighted by molar-refractivity contribution is 0.121. The van der Waals surface area contributed by atoms with E-state index in [1.54, 1.807) is 17.0 Å². The lowest BCUT2D eigenvalue weighted by Crippen LogP contribution is -2.42. The molecule has 1 amide bonds. The number of amides is 1. The highest BCUT2D eigenvalue weighted by Gasteiger charge is 2.32. The molecule has 94 valence electrons. The summed E-state index contributed by atoms with van der Waals surface area (Å²) in [7, 11) is 0. The van der Waals surface area contributed by atoms with Gasteiger partial charge in [0.15, 0.2) is 0 Å². The monoisotopic (exact) mass is 244 g/mol. The maximum absolute atomic E-state index is 11.9. The van der Waals surface area contributed by atoms with Crippen molar-refractivity contribution in [2.24, 2.45) is 5.41 Å². The summed E-state index contributed by atoms with van der Waals surface area (Å²) >= 11 is 0. The Morgan fingerprint density at radius 1 is 1.33 bits per heavy atom. The van der Waals surface area contributed by atoms with E-state index in [0.717, 1.165) is 0 Å². The summed E-state index contributed by atoms with van der Waals surface area (Å²) in [5.74, 6) is 0.552. The molecule has 0 radical (unpaired) electrons. The number of nitriles is 1. The van der Waals surface area contributed by atoms with E-state index < -0.39 is 0 Å². The molecule has 0 unspecified atom stereocenters. The van der Waals surface area contributed by atoms with E-state index in [4.69, 9.17) is 10.00 Å². The molecule has 2 rings (SSSR count). The van der Waals surface area contributed by atoms with Gasteiger partial charge in [-0.1, -0.05) is 18.2 Å². The van der Waals surface area contributed by atoms with Crippen molar-refractivity contribution in [2.75, 3.05) is 13.1 Å². The molecule has 0 saturated carbocycles. The number of carbonyl (C=O) groups is 1. The van der Waals surface area contributed by atoms with Crippen LogP contribution in [0.1, 0.15) is 19.8 Å². The molecule has 18 heavy (non-hydrogen) atoms. The average Bonchev–Trinajstić information content (AvgIpc) is 2.40. The molecule has 1 aliphatic rings. The predicted octanol–water partition coefficient (Wildman–Crippen LogP) is 2.81. The lowest BCUT2D eigenvalue weighted by Gasteiger charge is -2.34. The predicted molar refractivity (Wildman–Crippen MR) is 67.0 cm³/mol. The van der Waals surface area contributed by atoms with E-state index in [0.29, 0.717) is 31.7 Å². The Bertz CT molecular complexity index is 456. The Morgan fingerprint density at radius 2 is 1.94 bits per heavy atom. The van der Waals surface area contributed by atoms with Gasteiger partial charge in [-0.2, -0.15) is 5.26 Å². The molecule has 4 nitrogen and oxygen atoms in total. The second-order valence-electron chi connectivity index (χ2n) is 4.84. The van der Waals surface area contributed by atoms with Crippen LogP contribution >= 0.6 is 0 Å². The van der Waals surface area contributed by atoms with E-state index in [2.05, 4.69) is 6.07 Å². The zero-order chi connectivity index (χ0) is 13.0. The van der Waals surface area contributed by atoms with Crippen LogP contribution in [-0.4, -0.2) is 24.1 Å². The number of hydrogen-bond acceptors (Lipinski definition) is 3. The summed E-state index contributed by atoms with van der Waals surface area (Å²) in [6.07, 6.45) is 1.07. The molecule has 1 heterocycles. The Hall–Kier alpha value is -2.02. The van der Waals surface area contributed by atoms with Gasteiger partial charge in [0, 0.05) is 13.1 Å². The van der Waals surface area contributed by atoms with Crippen LogP contribution in [0.5, 0.6) is 5.75 Å². The molecular weight excluding hydrogens is 228 g/mol. The van der Waals surface area contributed by atoms with Gasteiger partial charge in [-0.05, 0) is 31.9 Å². The van der Waals surface area contributed by atoms with Gasteiger partial charge in [0.2, 0.25) is 0 Å². The van der Waals surface area contributed by atoms with E-state index in [1.165, 1.54) is 0 Å². The first-order chi connectivity index (χ1) is 8.63. The zero-order valence-corrected chi connectivity index (χ0v) is 10.4. The number of carbonyl (C=O) groups excluding carboxylic acids is 1. The number of benzene rings is 1. The van der Waals surface area contributed by atoms with Crippen LogP contribution in [-0.2, 0) is 0 Å². The van der Waals surface area contributed by atoms with E-state index >= 15 is 0 Å². The number of likely N-dealkylation sites (tertiary alicyclic amines) is 1. The molecule has 4 heteroatoms. The van der Waals surface area contributed by atoms with Crippen molar-refractivity contribution in [1.82, 2.24) is 4.90 Å². The molecule has 1 saturated heterocycles. The fraction of sp³-hybridized carbons (Fsp3) is 0.429. The van der Waals surface area contributed by atoms with Gasteiger partial charge in [0.05, 0.1) is 11.5 Å². The molecule has 0 N–H and O–H groups in total. The van der Waals surface area contributed by atoms with Gasteiger partial charge in [-0.15, -0.1) is 0 Å². The molecule has 1 aliphatic heterocycles. The quantitative estimate of drug-likeness (QED) is 0.763. The van der Waals surface area contributed by atoms with Crippen LogP contribution in [0.4, 0.5) is 4.79 Å². The highest BCUT2D eigenvalue weighted by atomic mass is 16.6. The van der Waals surface area contributed by atoms with Gasteiger partial charge < -0.3 is 9.64 Å². The van der Waals surface area contributed by atoms with E-state index in [9.17, 15) is 4.79 Å². The lowest BCUT2D eigenvalue weighted by atomic mass is 9.82. The van der Waals surface area contributed by atoms with Gasteiger partial charge in [0.25, 0.3) is 0 Å². The Kier molecular flexibility index (Phi) is 3.52. The van der Waals surface area contributed by atoms with Crippen LogP contribution in [0.3, 0.4) is 0 Å². The van der Waals surface area contributed by atoms with E-state index in [1.807, 2.05) is 25.1 Å². The summed E-state index contributed by atoms with van der Waals surface area (Å²) in [4.78, 5) is 13.5. The SMILES string of the molecule is CC1(C#N)CCN(C(=O)Oc2ccccc2)CC1. The molecule has 0 spiro atoms. The Morgan fingerprint density at radius 3 is 2.50 bits per heavy atom. The number of hydrogen-bond donors (Lipinski definition) is 0. The number of para-hydroxylation sites is 1. The van der Waals surface area contributed by atoms with Gasteiger partial charge >= 0.3 is 6.09 Å². The zero-order valence-electron chi connectivity index (χ0n) is 10.4. The van der Waals surface area contributed by atoms with Crippen molar-refractivity contribution in [3.63, 3.8) is 0 Å². The summed E-state index contributed by atoms with van der Waals surface area (Å²) < 4.78 is 5.26. The van der Waals surface area contributed by atoms with Crippen molar-refractivity contribution in [2.45, 2.75) is 19.8 Å². The standard InChI is InChI=1S/C14H16N2O2/c1-14(11-15)7-9-16(10-8-14)13(17)18-12-5-3-2-4-6-12/h2-6H,7-10H2,1H3. The molecule has 1 fully saturated rings. The largest absolute Gasteiger partial charge is 0.415 e. The van der Waals surface area contributed by atoms with Crippen LogP contribution in [0.25, 0.3) is 0 Å². The summed E-state index contributed by atoms with van der Waals surface area (Å²) in [5.41, 5.74) is -0.302. The third-order valence-electron chi connectivity index (χ3n) is 3.34. The normalized spacial score (nSPS) is 17.9. The maximum Gasteiger partial charge on any atom is 0.415 e. The van der Waals surface area contributed by atoms with Crippen molar-refractivity contribution in [3.8, 4) is 11.8 Å². The molecular formula is C14H16N2O2. The highest BCUT2D eigenvalue weighted by Crippen LogP contribution is 2.30. The van der Waals surface area contributed by atoms with Crippen molar-refractivity contribution in [3.05, 3.63) is 30.3 Å². The minimum Gasteiger partial charge on any atom is -0.410 e. The summed E-state index contributed by atoms with van der Waals surface area (Å²) in [5, 5.41) is 9.03. The number of nitrogens with zero attached hydrogens (tertiary/aromatic N) is 2. The fourth-order valence-electron chi connectivity index (χ4n) is 1.95. The summed E-state index contributed by atoms with van der Waals surface area (Å²) in [6, 6.07) is 11.3. The fourth-order valence-corrected chi connectivity index (χ4v) is 1.95. The third-order valence-corrected chi connectivity index (χ3v) is 3.34. The minimum atomic E-state index is -0.332. The van der Waals surface area contributed by atoms with Crippen LogP contribution in [0, 0.1) is 16.7 Å². The number of piperidine rings is 1. The summed E-state index contributed by atoms with van der Waals surface area (Å²) in [6.45, 7) is 3.10. The number of rotatable bonds is 1. The second-order valence-corrected chi connectivity index (χ2v) is 4.84. The van der Waals surface area contributed by atoms with Crippen molar-refractivity contribution >= 4 is 6.09 Å². The average molecular weight is 244 g/mol. The van der Waals surface area contributed by atoms with Crippen LogP contribution < -0.4 is 4.74 Å². The first-order valence-electron chi connectivity index (χ1n) is 6.06. The molecule has 0 bridgehead atoms. The third kappa shape index (κ3) is 2.80. The molecule has 0 aliphatic carbocycles. The molecule has 1 aromatic carbocycles. The minimum absolute atomic E-state index is 0.302. The topological polar surface area (TPSA) is 53.3 Å². The van der Waals surface area contributed by atoms with E-state index in [-0.39, 0.29) is 11.5 Å². The van der Waals surface area contributed by atoms with Crippen LogP contribution in [0.2, 0.25) is 0 Å². The maximum atomic E-state index is 11.9. The van der Waals surface area contributed by atoms with Gasteiger partial charge in [0.1, 0.15) is 5.75 Å². The van der Waals surface area contributed by atoms with Crippen molar-refractivity contribution in [1.29, 1.82) is 5.26 Å². The molecule has 0 aromatic heterocycles. The smallest absolute Gasteiger partial charge is 0.410 e. The first kappa shape index (κ1) is 12.4. The molecule has 1 aromatic rings. The highest BCUT2D eigenvalue weighted by molar-refractivity contribution is 5.70. The van der Waals surface area contributed by atoms with Gasteiger partial charge in [-0.3, -0.25) is 0 Å². The van der Waals surface area contributed by atoms with Gasteiger partial charge in [-0.25, -0.2) is 4.79 Å². The second kappa shape index (κ2) is 5.09. The Labute approximate surface area is 107 Å². The van der Waals surface area contributed by atoms with Crippen molar-refractivity contribution < 1.29 is 9.53 Å².